The maximum atomic E-state index is 12.4. The molecule has 29 heavy (non-hydrogen) atoms. The minimum atomic E-state index is -3.07. The highest BCUT2D eigenvalue weighted by molar-refractivity contribution is 7.91. The fourth-order valence-electron chi connectivity index (χ4n) is 3.19. The summed E-state index contributed by atoms with van der Waals surface area (Å²) in [6, 6.07) is 2.82. The number of nitrogens with one attached hydrogen (secondary N) is 1. The van der Waals surface area contributed by atoms with E-state index in [1.165, 1.54) is 26.2 Å². The van der Waals surface area contributed by atoms with Gasteiger partial charge in [-0.05, 0) is 25.0 Å². The Balaban J connectivity index is 1.93. The van der Waals surface area contributed by atoms with E-state index in [4.69, 9.17) is 14.2 Å². The van der Waals surface area contributed by atoms with E-state index in [-0.39, 0.29) is 42.8 Å². The van der Waals surface area contributed by atoms with Crippen LogP contribution in [0.3, 0.4) is 0 Å². The summed E-state index contributed by atoms with van der Waals surface area (Å²) in [5, 5.41) is 2.68. The van der Waals surface area contributed by atoms with E-state index < -0.39 is 15.9 Å². The second-order valence-corrected chi connectivity index (χ2v) is 9.06. The predicted molar refractivity (Wildman–Crippen MR) is 107 cm³/mol. The number of nitrogens with zero attached hydrogens (tertiary/aromatic N) is 1. The third kappa shape index (κ3) is 5.75. The number of hydrogen-bond acceptors (Lipinski definition) is 7. The van der Waals surface area contributed by atoms with Gasteiger partial charge in [0.25, 0.3) is 0 Å². The van der Waals surface area contributed by atoms with Crippen molar-refractivity contribution in [1.82, 2.24) is 10.2 Å². The van der Waals surface area contributed by atoms with Crippen LogP contribution in [0.2, 0.25) is 0 Å². The van der Waals surface area contributed by atoms with Gasteiger partial charge in [-0.25, -0.2) is 8.42 Å². The summed E-state index contributed by atoms with van der Waals surface area (Å²) in [7, 11) is 1.49. The monoisotopic (exact) mass is 428 g/mol. The lowest BCUT2D eigenvalue weighted by atomic mass is 10.1. The minimum Gasteiger partial charge on any atom is -0.493 e. The molecule has 0 spiro atoms. The first kappa shape index (κ1) is 22.8. The average Bonchev–Trinajstić information content (AvgIpc) is 2.70. The van der Waals surface area contributed by atoms with Crippen molar-refractivity contribution in [3.8, 4) is 17.2 Å². The lowest BCUT2D eigenvalue weighted by Crippen LogP contribution is -2.51. The molecule has 9 nitrogen and oxygen atoms in total. The molecule has 1 atom stereocenters. The second kappa shape index (κ2) is 9.82. The standard InChI is InChI=1S/C19H28N2O7S/c1-13(19(23)21-9-11-29(24,25)12-10-21)20-16(22)8-6-14-5-7-15(26-2)18(28-4)17(14)27-3/h5,7,13H,6,8-12H2,1-4H3,(H,20,22). The fourth-order valence-corrected chi connectivity index (χ4v) is 4.39. The number of rotatable bonds is 8. The molecule has 0 bridgehead atoms. The highest BCUT2D eigenvalue weighted by Crippen LogP contribution is 2.40. The first-order valence-corrected chi connectivity index (χ1v) is 11.1. The van der Waals surface area contributed by atoms with Crippen molar-refractivity contribution in [2.24, 2.45) is 0 Å². The van der Waals surface area contributed by atoms with E-state index in [1.54, 1.807) is 19.1 Å². The third-order valence-corrected chi connectivity index (χ3v) is 6.42. The molecule has 1 aliphatic rings. The van der Waals surface area contributed by atoms with Crippen molar-refractivity contribution in [1.29, 1.82) is 0 Å². The smallest absolute Gasteiger partial charge is 0.244 e. The third-order valence-electron chi connectivity index (χ3n) is 4.81. The lowest BCUT2D eigenvalue weighted by Gasteiger charge is -2.29. The van der Waals surface area contributed by atoms with Gasteiger partial charge in [0.1, 0.15) is 6.04 Å². The molecule has 162 valence electrons. The van der Waals surface area contributed by atoms with Crippen LogP contribution in [0.15, 0.2) is 12.1 Å². The molecule has 1 N–H and O–H groups in total. The number of aryl methyl sites for hydroxylation is 1. The number of carbonyl (C=O) groups excluding carboxylic acids is 2. The van der Waals surface area contributed by atoms with Crippen LogP contribution >= 0.6 is 0 Å². The molecule has 1 saturated heterocycles. The van der Waals surface area contributed by atoms with E-state index in [0.29, 0.717) is 23.7 Å². The van der Waals surface area contributed by atoms with Gasteiger partial charge in [-0.2, -0.15) is 0 Å². The van der Waals surface area contributed by atoms with E-state index in [1.807, 2.05) is 0 Å². The van der Waals surface area contributed by atoms with Gasteiger partial charge in [-0.15, -0.1) is 0 Å². The summed E-state index contributed by atoms with van der Waals surface area (Å²) in [6.07, 6.45) is 0.538. The van der Waals surface area contributed by atoms with E-state index >= 15 is 0 Å². The molecule has 0 radical (unpaired) electrons. The van der Waals surface area contributed by atoms with Gasteiger partial charge in [-0.3, -0.25) is 9.59 Å². The van der Waals surface area contributed by atoms with Gasteiger partial charge in [0.2, 0.25) is 17.6 Å². The largest absolute Gasteiger partial charge is 0.493 e. The Morgan fingerprint density at radius 2 is 1.69 bits per heavy atom. The summed E-state index contributed by atoms with van der Waals surface area (Å²) in [4.78, 5) is 26.2. The molecule has 1 aromatic carbocycles. The Hall–Kier alpha value is -2.49. The Morgan fingerprint density at radius 3 is 2.24 bits per heavy atom. The molecular formula is C19H28N2O7S. The minimum absolute atomic E-state index is 0.0432. The maximum Gasteiger partial charge on any atom is 0.244 e. The first-order chi connectivity index (χ1) is 13.7. The summed E-state index contributed by atoms with van der Waals surface area (Å²) in [6.45, 7) is 1.91. The quantitative estimate of drug-likeness (QED) is 0.638. The molecule has 0 aromatic heterocycles. The van der Waals surface area contributed by atoms with Crippen molar-refractivity contribution < 1.29 is 32.2 Å². The first-order valence-electron chi connectivity index (χ1n) is 9.28. The van der Waals surface area contributed by atoms with Gasteiger partial charge in [0.05, 0.1) is 32.8 Å². The van der Waals surface area contributed by atoms with Crippen LogP contribution in [0.5, 0.6) is 17.2 Å². The molecule has 0 aliphatic carbocycles. The fraction of sp³-hybridized carbons (Fsp3) is 0.579. The van der Waals surface area contributed by atoms with E-state index in [2.05, 4.69) is 5.32 Å². The van der Waals surface area contributed by atoms with Crippen molar-refractivity contribution in [2.75, 3.05) is 45.9 Å². The van der Waals surface area contributed by atoms with Crippen LogP contribution in [-0.2, 0) is 25.8 Å². The van der Waals surface area contributed by atoms with Crippen LogP contribution in [0.25, 0.3) is 0 Å². The molecule has 1 unspecified atom stereocenters. The molecule has 2 rings (SSSR count). The zero-order valence-electron chi connectivity index (χ0n) is 17.2. The molecule has 0 saturated carbocycles. The van der Waals surface area contributed by atoms with Crippen molar-refractivity contribution in [2.45, 2.75) is 25.8 Å². The van der Waals surface area contributed by atoms with Gasteiger partial charge < -0.3 is 24.4 Å². The Labute approximate surface area is 171 Å². The maximum absolute atomic E-state index is 12.4. The number of sulfone groups is 1. The molecule has 2 amide bonds. The highest BCUT2D eigenvalue weighted by atomic mass is 32.2. The summed E-state index contributed by atoms with van der Waals surface area (Å²) in [5.41, 5.74) is 0.778. The Bertz CT molecular complexity index is 840. The SMILES string of the molecule is COc1ccc(CCC(=O)NC(C)C(=O)N2CCS(=O)(=O)CC2)c(OC)c1OC. The van der Waals surface area contributed by atoms with Gasteiger partial charge >= 0.3 is 0 Å². The normalized spacial score (nSPS) is 16.6. The number of hydrogen-bond donors (Lipinski definition) is 1. The topological polar surface area (TPSA) is 111 Å². The van der Waals surface area contributed by atoms with Crippen molar-refractivity contribution in [3.05, 3.63) is 17.7 Å². The van der Waals surface area contributed by atoms with E-state index in [0.717, 1.165) is 5.56 Å². The number of amides is 2. The number of benzene rings is 1. The van der Waals surface area contributed by atoms with Crippen molar-refractivity contribution in [3.63, 3.8) is 0 Å². The summed E-state index contributed by atoms with van der Waals surface area (Å²) < 4.78 is 39.0. The molecule has 10 heteroatoms. The van der Waals surface area contributed by atoms with Gasteiger partial charge in [0.15, 0.2) is 21.3 Å². The van der Waals surface area contributed by atoms with Crippen molar-refractivity contribution >= 4 is 21.7 Å². The summed E-state index contributed by atoms with van der Waals surface area (Å²) in [5.74, 6) is 0.830. The molecule has 1 fully saturated rings. The number of ether oxygens (including phenoxy) is 3. The summed E-state index contributed by atoms with van der Waals surface area (Å²) >= 11 is 0. The van der Waals surface area contributed by atoms with Crippen LogP contribution in [0, 0.1) is 0 Å². The number of methoxy groups -OCH3 is 3. The molecule has 1 aliphatic heterocycles. The van der Waals surface area contributed by atoms with Crippen LogP contribution in [0.1, 0.15) is 18.9 Å². The molecule has 1 heterocycles. The molecular weight excluding hydrogens is 400 g/mol. The second-order valence-electron chi connectivity index (χ2n) is 6.76. The Kier molecular flexibility index (Phi) is 7.72. The van der Waals surface area contributed by atoms with Gasteiger partial charge in [0, 0.05) is 19.5 Å². The van der Waals surface area contributed by atoms with E-state index in [9.17, 15) is 18.0 Å². The highest BCUT2D eigenvalue weighted by Gasteiger charge is 2.28. The lowest BCUT2D eigenvalue weighted by molar-refractivity contribution is -0.135. The molecule has 1 aromatic rings. The average molecular weight is 429 g/mol. The zero-order valence-corrected chi connectivity index (χ0v) is 18.0. The van der Waals surface area contributed by atoms with Crippen LogP contribution in [0.4, 0.5) is 0 Å². The zero-order chi connectivity index (χ0) is 21.6. The Morgan fingerprint density at radius 1 is 1.07 bits per heavy atom. The predicted octanol–water partition coefficient (Wildman–Crippen LogP) is 0.407. The van der Waals surface area contributed by atoms with Gasteiger partial charge in [-0.1, -0.05) is 6.07 Å². The van der Waals surface area contributed by atoms with Crippen LogP contribution in [-0.4, -0.2) is 77.1 Å². The number of carbonyl (C=O) groups is 2. The van der Waals surface area contributed by atoms with Crippen LogP contribution < -0.4 is 19.5 Å².